The minimum absolute atomic E-state index is 0.112. The molecule has 0 aliphatic carbocycles. The van der Waals surface area contributed by atoms with E-state index >= 15 is 0 Å². The van der Waals surface area contributed by atoms with Gasteiger partial charge in [0.2, 0.25) is 7.37 Å². The molecule has 0 bridgehead atoms. The lowest BCUT2D eigenvalue weighted by Gasteiger charge is -2.06. The largest absolute Gasteiger partial charge is 0.328 e. The van der Waals surface area contributed by atoms with E-state index in [1.165, 1.54) is 6.66 Å². The van der Waals surface area contributed by atoms with Gasteiger partial charge in [-0.1, -0.05) is 0 Å². The standard InChI is InChI=1S/C4H10ClO2P/c1-3-7-8(2,6)4-5/h3-4H2,1-2H3. The minimum atomic E-state index is -2.41. The van der Waals surface area contributed by atoms with Crippen LogP contribution in [0, 0.1) is 0 Å². The van der Waals surface area contributed by atoms with Crippen molar-refractivity contribution in [1.29, 1.82) is 0 Å². The molecule has 0 rings (SSSR count). The van der Waals surface area contributed by atoms with Crippen molar-refractivity contribution in [3.8, 4) is 0 Å². The van der Waals surface area contributed by atoms with E-state index in [2.05, 4.69) is 0 Å². The second kappa shape index (κ2) is 3.49. The number of halogens is 1. The van der Waals surface area contributed by atoms with E-state index < -0.39 is 7.37 Å². The monoisotopic (exact) mass is 156 g/mol. The summed E-state index contributed by atoms with van der Waals surface area (Å²) in [4.78, 5) is 0. The van der Waals surface area contributed by atoms with Crippen molar-refractivity contribution in [1.82, 2.24) is 0 Å². The molecule has 0 radical (unpaired) electrons. The molecule has 0 amide bonds. The Kier molecular flexibility index (Phi) is 3.70. The Morgan fingerprint density at radius 1 is 1.75 bits per heavy atom. The fourth-order valence-electron chi connectivity index (χ4n) is 0.308. The molecule has 0 aromatic carbocycles. The third kappa shape index (κ3) is 3.48. The molecule has 8 heavy (non-hydrogen) atoms. The van der Waals surface area contributed by atoms with Crippen molar-refractivity contribution in [2.45, 2.75) is 6.92 Å². The van der Waals surface area contributed by atoms with Crippen molar-refractivity contribution in [3.05, 3.63) is 0 Å². The summed E-state index contributed by atoms with van der Waals surface area (Å²) < 4.78 is 15.6. The first-order valence-electron chi connectivity index (χ1n) is 2.39. The summed E-state index contributed by atoms with van der Waals surface area (Å²) in [5.41, 5.74) is 0.112. The maximum Gasteiger partial charge on any atom is 0.214 e. The van der Waals surface area contributed by atoms with Gasteiger partial charge in [-0.25, -0.2) is 0 Å². The molecule has 0 aromatic rings. The normalized spacial score (nSPS) is 17.9. The van der Waals surface area contributed by atoms with Crippen molar-refractivity contribution >= 4 is 19.0 Å². The van der Waals surface area contributed by atoms with Gasteiger partial charge in [-0.2, -0.15) is 0 Å². The molecule has 0 saturated carbocycles. The molecular weight excluding hydrogens is 146 g/mol. The summed E-state index contributed by atoms with van der Waals surface area (Å²) in [6.07, 6.45) is 0. The Balaban J connectivity index is 3.55. The molecular formula is C4H10ClO2P. The lowest BCUT2D eigenvalue weighted by atomic mass is 10.9. The van der Waals surface area contributed by atoms with Gasteiger partial charge in [-0.15, -0.1) is 11.6 Å². The zero-order chi connectivity index (χ0) is 6.62. The van der Waals surface area contributed by atoms with E-state index in [1.807, 2.05) is 0 Å². The summed E-state index contributed by atoms with van der Waals surface area (Å²) in [7, 11) is -2.41. The number of alkyl halides is 1. The van der Waals surface area contributed by atoms with E-state index in [0.29, 0.717) is 6.61 Å². The third-order valence-corrected chi connectivity index (χ3v) is 3.16. The van der Waals surface area contributed by atoms with Gasteiger partial charge in [0.25, 0.3) is 0 Å². The summed E-state index contributed by atoms with van der Waals surface area (Å²) in [6, 6.07) is 0. The number of rotatable bonds is 3. The third-order valence-electron chi connectivity index (χ3n) is 0.619. The lowest BCUT2D eigenvalue weighted by Crippen LogP contribution is -1.87. The van der Waals surface area contributed by atoms with Crippen molar-refractivity contribution in [2.24, 2.45) is 0 Å². The predicted molar refractivity (Wildman–Crippen MR) is 35.9 cm³/mol. The van der Waals surface area contributed by atoms with Crippen LogP contribution in [0.15, 0.2) is 0 Å². The zero-order valence-electron chi connectivity index (χ0n) is 5.06. The van der Waals surface area contributed by atoms with E-state index in [1.54, 1.807) is 6.92 Å². The molecule has 0 heterocycles. The SMILES string of the molecule is CCOP(C)(=O)CCl. The molecule has 0 spiro atoms. The lowest BCUT2D eigenvalue weighted by molar-refractivity contribution is 0.340. The van der Waals surface area contributed by atoms with Crippen molar-refractivity contribution in [3.63, 3.8) is 0 Å². The summed E-state index contributed by atoms with van der Waals surface area (Å²) in [5.74, 6) is 0. The van der Waals surface area contributed by atoms with Crippen LogP contribution in [0.2, 0.25) is 0 Å². The van der Waals surface area contributed by atoms with Gasteiger partial charge >= 0.3 is 0 Å². The van der Waals surface area contributed by atoms with Crippen molar-refractivity contribution < 1.29 is 9.09 Å². The number of hydrogen-bond acceptors (Lipinski definition) is 2. The fraction of sp³-hybridized carbons (Fsp3) is 1.00. The molecule has 0 N–H and O–H groups in total. The van der Waals surface area contributed by atoms with Crippen LogP contribution in [0.25, 0.3) is 0 Å². The van der Waals surface area contributed by atoms with Gasteiger partial charge in [-0.3, -0.25) is 4.57 Å². The average Bonchev–Trinajstić information content (AvgIpc) is 1.67. The quantitative estimate of drug-likeness (QED) is 0.462. The Bertz CT molecular complexity index is 104. The van der Waals surface area contributed by atoms with E-state index in [-0.39, 0.29) is 5.62 Å². The van der Waals surface area contributed by atoms with E-state index in [0.717, 1.165) is 0 Å². The molecule has 50 valence electrons. The van der Waals surface area contributed by atoms with Crippen LogP contribution in [0.5, 0.6) is 0 Å². The van der Waals surface area contributed by atoms with Gasteiger partial charge in [0.15, 0.2) is 0 Å². The first-order chi connectivity index (χ1) is 3.62. The second-order valence-electron chi connectivity index (χ2n) is 1.55. The number of hydrogen-bond donors (Lipinski definition) is 0. The molecule has 4 heteroatoms. The molecule has 0 aromatic heterocycles. The molecule has 0 fully saturated rings. The smallest absolute Gasteiger partial charge is 0.214 e. The van der Waals surface area contributed by atoms with Crippen LogP contribution >= 0.6 is 19.0 Å². The van der Waals surface area contributed by atoms with Gasteiger partial charge in [-0.05, 0) is 6.92 Å². The van der Waals surface area contributed by atoms with Gasteiger partial charge in [0, 0.05) is 6.66 Å². The highest BCUT2D eigenvalue weighted by molar-refractivity contribution is 7.59. The first kappa shape index (κ1) is 8.48. The Morgan fingerprint density at radius 3 is 2.38 bits per heavy atom. The highest BCUT2D eigenvalue weighted by Gasteiger charge is 2.11. The van der Waals surface area contributed by atoms with Crippen LogP contribution in [0.1, 0.15) is 6.92 Å². The molecule has 0 saturated heterocycles. The summed E-state index contributed by atoms with van der Waals surface area (Å²) in [6.45, 7) is 3.80. The second-order valence-corrected chi connectivity index (χ2v) is 4.79. The minimum Gasteiger partial charge on any atom is -0.328 e. The molecule has 0 aliphatic heterocycles. The molecule has 2 nitrogen and oxygen atoms in total. The molecule has 1 atom stereocenters. The van der Waals surface area contributed by atoms with Gasteiger partial charge in [0.05, 0.1) is 12.2 Å². The van der Waals surface area contributed by atoms with Gasteiger partial charge in [0.1, 0.15) is 0 Å². The van der Waals surface area contributed by atoms with E-state index in [4.69, 9.17) is 16.1 Å². The average molecular weight is 157 g/mol. The van der Waals surface area contributed by atoms with Crippen molar-refractivity contribution in [2.75, 3.05) is 18.9 Å². The summed E-state index contributed by atoms with van der Waals surface area (Å²) >= 11 is 5.28. The first-order valence-corrected chi connectivity index (χ1v) is 5.18. The maximum absolute atomic E-state index is 10.8. The fourth-order valence-corrected chi connectivity index (χ4v) is 1.13. The van der Waals surface area contributed by atoms with Gasteiger partial charge < -0.3 is 4.52 Å². The molecule has 0 aliphatic rings. The molecule has 1 unspecified atom stereocenters. The highest BCUT2D eigenvalue weighted by Crippen LogP contribution is 2.42. The Labute approximate surface area is 54.6 Å². The topological polar surface area (TPSA) is 26.3 Å². The zero-order valence-corrected chi connectivity index (χ0v) is 6.71. The van der Waals surface area contributed by atoms with Crippen LogP contribution in [0.3, 0.4) is 0 Å². The Morgan fingerprint density at radius 2 is 2.25 bits per heavy atom. The van der Waals surface area contributed by atoms with Crippen LogP contribution in [-0.4, -0.2) is 18.9 Å². The summed E-state index contributed by atoms with van der Waals surface area (Å²) in [5, 5.41) is 0. The predicted octanol–water partition coefficient (Wildman–Crippen LogP) is 2.13. The highest BCUT2D eigenvalue weighted by atomic mass is 35.5. The maximum atomic E-state index is 10.8. The van der Waals surface area contributed by atoms with Crippen LogP contribution < -0.4 is 0 Å². The Hall–Kier alpha value is 0.480. The van der Waals surface area contributed by atoms with Crippen LogP contribution in [0.4, 0.5) is 0 Å². The van der Waals surface area contributed by atoms with Crippen LogP contribution in [-0.2, 0) is 9.09 Å². The van der Waals surface area contributed by atoms with E-state index in [9.17, 15) is 4.57 Å².